The number of hydrogen-bond acceptors (Lipinski definition) is 3. The predicted molar refractivity (Wildman–Crippen MR) is 39.7 cm³/mol. The summed E-state index contributed by atoms with van der Waals surface area (Å²) in [5.41, 5.74) is -0.242. The highest BCUT2D eigenvalue weighted by Crippen LogP contribution is 2.50. The zero-order valence-electron chi connectivity index (χ0n) is 7.22. The van der Waals surface area contributed by atoms with Gasteiger partial charge in [0.25, 0.3) is 0 Å². The average molecular weight is 218 g/mol. The third-order valence-corrected chi connectivity index (χ3v) is 2.34. The Kier molecular flexibility index (Phi) is 3.17. The maximum Gasteiger partial charge on any atom is 0.529 e. The molecule has 3 nitrogen and oxygen atoms in total. The van der Waals surface area contributed by atoms with Gasteiger partial charge in [-0.05, 0) is 0 Å². The Hall–Kier alpha value is 0.100. The topological polar surface area (TPSA) is 27.7 Å². The normalized spacial score (nSPS) is 24.7. The first-order chi connectivity index (χ1) is 5.79. The van der Waals surface area contributed by atoms with E-state index in [1.807, 2.05) is 13.8 Å². The van der Waals surface area contributed by atoms with Crippen LogP contribution in [0.2, 0.25) is 0 Å². The fourth-order valence-corrected chi connectivity index (χ4v) is 1.93. The van der Waals surface area contributed by atoms with Crippen LogP contribution in [0.5, 0.6) is 0 Å². The predicted octanol–water partition coefficient (Wildman–Crippen LogP) is 2.82. The van der Waals surface area contributed by atoms with E-state index >= 15 is 0 Å². The fraction of sp³-hybridized carbons (Fsp3) is 1.00. The van der Waals surface area contributed by atoms with E-state index in [4.69, 9.17) is 9.05 Å². The second-order valence-electron chi connectivity index (χ2n) is 3.47. The molecule has 7 heteroatoms. The molecule has 1 heterocycles. The van der Waals surface area contributed by atoms with Crippen molar-refractivity contribution < 1.29 is 26.7 Å². The highest BCUT2D eigenvalue weighted by molar-refractivity contribution is 7.41. The van der Waals surface area contributed by atoms with E-state index in [2.05, 4.69) is 4.52 Å². The van der Waals surface area contributed by atoms with E-state index in [1.54, 1.807) is 0 Å². The highest BCUT2D eigenvalue weighted by atomic mass is 31.2. The summed E-state index contributed by atoms with van der Waals surface area (Å²) in [5.74, 6) is 0. The van der Waals surface area contributed by atoms with Crippen LogP contribution in [0, 0.1) is 5.41 Å². The lowest BCUT2D eigenvalue weighted by Gasteiger charge is -2.32. The van der Waals surface area contributed by atoms with Gasteiger partial charge in [0.15, 0.2) is 0 Å². The highest BCUT2D eigenvalue weighted by Gasteiger charge is 2.39. The minimum absolute atomic E-state index is 0.217. The summed E-state index contributed by atoms with van der Waals surface area (Å²) in [5, 5.41) is 0. The molecular formula is C6H10F3O3P. The lowest BCUT2D eigenvalue weighted by Crippen LogP contribution is -2.29. The summed E-state index contributed by atoms with van der Waals surface area (Å²) in [4.78, 5) is 0. The first-order valence-electron chi connectivity index (χ1n) is 3.60. The van der Waals surface area contributed by atoms with Gasteiger partial charge in [0.1, 0.15) is 0 Å². The van der Waals surface area contributed by atoms with Gasteiger partial charge in [0.2, 0.25) is 0 Å². The van der Waals surface area contributed by atoms with Gasteiger partial charge in [-0.15, -0.1) is 13.2 Å². The molecule has 0 atom stereocenters. The first kappa shape index (κ1) is 11.2. The minimum atomic E-state index is -4.69. The summed E-state index contributed by atoms with van der Waals surface area (Å²) in [7, 11) is -2.24. The van der Waals surface area contributed by atoms with Crippen molar-refractivity contribution in [1.82, 2.24) is 0 Å². The largest absolute Gasteiger partial charge is 0.529 e. The van der Waals surface area contributed by atoms with E-state index in [-0.39, 0.29) is 18.6 Å². The molecule has 1 aliphatic rings. The van der Waals surface area contributed by atoms with E-state index in [1.165, 1.54) is 0 Å². The van der Waals surface area contributed by atoms with Gasteiger partial charge in [0, 0.05) is 5.41 Å². The quantitative estimate of drug-likeness (QED) is 0.633. The molecule has 0 spiro atoms. The van der Waals surface area contributed by atoms with Crippen molar-refractivity contribution >= 4 is 8.60 Å². The minimum Gasteiger partial charge on any atom is -0.311 e. The summed E-state index contributed by atoms with van der Waals surface area (Å²) in [6.07, 6.45) is -4.69. The van der Waals surface area contributed by atoms with Crippen LogP contribution in [-0.4, -0.2) is 19.6 Å². The van der Waals surface area contributed by atoms with Gasteiger partial charge in [-0.3, -0.25) is 0 Å². The lowest BCUT2D eigenvalue weighted by molar-refractivity contribution is -0.281. The Morgan fingerprint density at radius 3 is 2.08 bits per heavy atom. The van der Waals surface area contributed by atoms with Crippen LogP contribution >= 0.6 is 8.60 Å². The van der Waals surface area contributed by atoms with Gasteiger partial charge in [0.05, 0.1) is 13.2 Å². The average Bonchev–Trinajstić information content (AvgIpc) is 1.91. The molecule has 0 radical (unpaired) electrons. The lowest BCUT2D eigenvalue weighted by atomic mass is 9.97. The molecule has 0 N–H and O–H groups in total. The van der Waals surface area contributed by atoms with Crippen LogP contribution in [0.15, 0.2) is 0 Å². The second-order valence-corrected chi connectivity index (χ2v) is 4.62. The van der Waals surface area contributed by atoms with Crippen LogP contribution in [0.3, 0.4) is 0 Å². The van der Waals surface area contributed by atoms with Crippen molar-refractivity contribution in [2.75, 3.05) is 13.2 Å². The Labute approximate surface area is 75.2 Å². The third-order valence-electron chi connectivity index (χ3n) is 1.30. The summed E-state index contributed by atoms with van der Waals surface area (Å²) in [6.45, 7) is 4.12. The van der Waals surface area contributed by atoms with Gasteiger partial charge in [-0.1, -0.05) is 13.8 Å². The molecule has 0 aliphatic carbocycles. The molecule has 0 saturated carbocycles. The van der Waals surface area contributed by atoms with Gasteiger partial charge in [-0.2, -0.15) is 0 Å². The number of rotatable bonds is 1. The Bertz CT molecular complexity index is 172. The molecule has 0 aromatic heterocycles. The van der Waals surface area contributed by atoms with Crippen molar-refractivity contribution in [3.05, 3.63) is 0 Å². The number of hydrogen-bond donors (Lipinski definition) is 0. The molecule has 1 rings (SSSR count). The molecule has 1 aliphatic heterocycles. The van der Waals surface area contributed by atoms with Crippen LogP contribution < -0.4 is 0 Å². The Morgan fingerprint density at radius 2 is 1.69 bits per heavy atom. The molecule has 0 unspecified atom stereocenters. The van der Waals surface area contributed by atoms with Crippen LogP contribution in [0.4, 0.5) is 13.2 Å². The monoisotopic (exact) mass is 218 g/mol. The van der Waals surface area contributed by atoms with Crippen molar-refractivity contribution in [2.24, 2.45) is 5.41 Å². The zero-order valence-corrected chi connectivity index (χ0v) is 8.11. The van der Waals surface area contributed by atoms with Crippen LogP contribution in [0.25, 0.3) is 0 Å². The standard InChI is InChI=1S/C6H10F3O3P/c1-5(2)3-10-13(11-4-5)12-6(7,8)9/h3-4H2,1-2H3. The van der Waals surface area contributed by atoms with Crippen LogP contribution in [-0.2, 0) is 13.6 Å². The molecular weight excluding hydrogens is 208 g/mol. The molecule has 0 amide bonds. The molecule has 0 bridgehead atoms. The van der Waals surface area contributed by atoms with E-state index in [9.17, 15) is 13.2 Å². The maximum atomic E-state index is 11.7. The second kappa shape index (κ2) is 3.69. The number of alkyl halides is 3. The fourth-order valence-electron chi connectivity index (χ4n) is 0.671. The molecule has 1 saturated heterocycles. The zero-order chi connectivity index (χ0) is 10.1. The van der Waals surface area contributed by atoms with Gasteiger partial charge in [-0.25, -0.2) is 4.52 Å². The molecule has 0 aromatic carbocycles. The first-order valence-corrected chi connectivity index (χ1v) is 4.70. The summed E-state index contributed by atoms with van der Waals surface area (Å²) >= 11 is 0. The number of halogens is 3. The Balaban J connectivity index is 2.34. The molecule has 1 fully saturated rings. The van der Waals surface area contributed by atoms with E-state index < -0.39 is 15.0 Å². The smallest absolute Gasteiger partial charge is 0.311 e. The maximum absolute atomic E-state index is 11.7. The summed E-state index contributed by atoms with van der Waals surface area (Å²) in [6, 6.07) is 0. The summed E-state index contributed by atoms with van der Waals surface area (Å²) < 4.78 is 48.1. The van der Waals surface area contributed by atoms with E-state index in [0.29, 0.717) is 0 Å². The van der Waals surface area contributed by atoms with Crippen molar-refractivity contribution in [3.8, 4) is 0 Å². The molecule has 0 aromatic rings. The van der Waals surface area contributed by atoms with E-state index in [0.717, 1.165) is 0 Å². The molecule has 13 heavy (non-hydrogen) atoms. The van der Waals surface area contributed by atoms with Gasteiger partial charge >= 0.3 is 15.0 Å². The van der Waals surface area contributed by atoms with Crippen molar-refractivity contribution in [3.63, 3.8) is 0 Å². The van der Waals surface area contributed by atoms with Crippen molar-refractivity contribution in [2.45, 2.75) is 20.2 Å². The third kappa shape index (κ3) is 4.22. The molecule has 78 valence electrons. The van der Waals surface area contributed by atoms with Crippen LogP contribution in [0.1, 0.15) is 13.8 Å². The van der Waals surface area contributed by atoms with Crippen molar-refractivity contribution in [1.29, 1.82) is 0 Å². The SMILES string of the molecule is CC1(C)COP(OC(F)(F)F)OC1. The van der Waals surface area contributed by atoms with Gasteiger partial charge < -0.3 is 9.05 Å². The Morgan fingerprint density at radius 1 is 1.23 bits per heavy atom.